The number of hydrogen-bond donors (Lipinski definition) is 0. The minimum absolute atomic E-state index is 0.343. The molecular formula is C10H10O3. The summed E-state index contributed by atoms with van der Waals surface area (Å²) in [6.45, 7) is 0.343. The summed E-state index contributed by atoms with van der Waals surface area (Å²) in [5, 5.41) is 0. The van der Waals surface area contributed by atoms with E-state index >= 15 is 0 Å². The number of benzene rings is 1. The summed E-state index contributed by atoms with van der Waals surface area (Å²) in [7, 11) is 1.54. The van der Waals surface area contributed by atoms with Crippen LogP contribution in [0, 0.1) is 0 Å². The van der Waals surface area contributed by atoms with Crippen molar-refractivity contribution in [2.45, 2.75) is 6.61 Å². The summed E-state index contributed by atoms with van der Waals surface area (Å²) in [6, 6.07) is 4.88. The molecule has 0 saturated carbocycles. The topological polar surface area (TPSA) is 43.4 Å². The van der Waals surface area contributed by atoms with Crippen molar-refractivity contribution in [1.82, 2.24) is 0 Å². The van der Waals surface area contributed by atoms with E-state index in [1.54, 1.807) is 25.3 Å². The van der Waals surface area contributed by atoms with Crippen LogP contribution in [0.1, 0.15) is 26.3 Å². The molecule has 0 aliphatic carbocycles. The molecule has 68 valence electrons. The lowest BCUT2D eigenvalue weighted by Gasteiger charge is -2.03. The molecule has 0 heterocycles. The van der Waals surface area contributed by atoms with Gasteiger partial charge in [0.25, 0.3) is 0 Å². The van der Waals surface area contributed by atoms with Crippen LogP contribution in [-0.4, -0.2) is 19.7 Å². The quantitative estimate of drug-likeness (QED) is 0.655. The highest BCUT2D eigenvalue weighted by molar-refractivity contribution is 5.81. The molecular weight excluding hydrogens is 168 g/mol. The molecule has 0 N–H and O–H groups in total. The molecule has 0 unspecified atom stereocenters. The summed E-state index contributed by atoms with van der Waals surface area (Å²) in [5.41, 5.74) is 1.85. The first-order chi connectivity index (χ1) is 6.31. The van der Waals surface area contributed by atoms with Crippen molar-refractivity contribution < 1.29 is 14.3 Å². The largest absolute Gasteiger partial charge is 0.380 e. The molecule has 13 heavy (non-hydrogen) atoms. The highest BCUT2D eigenvalue weighted by Crippen LogP contribution is 2.10. The Hall–Kier alpha value is -1.48. The molecule has 0 spiro atoms. The van der Waals surface area contributed by atoms with Crippen molar-refractivity contribution in [3.63, 3.8) is 0 Å². The van der Waals surface area contributed by atoms with E-state index in [1.807, 2.05) is 0 Å². The first-order valence-electron chi connectivity index (χ1n) is 3.84. The second-order valence-corrected chi connectivity index (χ2v) is 2.63. The zero-order chi connectivity index (χ0) is 9.68. The maximum absolute atomic E-state index is 10.6. The molecule has 0 fully saturated rings. The van der Waals surface area contributed by atoms with Crippen molar-refractivity contribution in [1.29, 1.82) is 0 Å². The molecule has 3 nitrogen and oxygen atoms in total. The van der Waals surface area contributed by atoms with Crippen LogP contribution in [-0.2, 0) is 11.3 Å². The fourth-order valence-electron chi connectivity index (χ4n) is 1.09. The van der Waals surface area contributed by atoms with Crippen LogP contribution < -0.4 is 0 Å². The third kappa shape index (κ3) is 2.23. The molecule has 0 amide bonds. The van der Waals surface area contributed by atoms with E-state index in [-0.39, 0.29) is 0 Å². The van der Waals surface area contributed by atoms with Crippen molar-refractivity contribution in [3.05, 3.63) is 34.9 Å². The Balaban J connectivity index is 3.09. The van der Waals surface area contributed by atoms with Crippen LogP contribution in [0.2, 0.25) is 0 Å². The molecule has 3 heteroatoms. The fraction of sp³-hybridized carbons (Fsp3) is 0.200. The first-order valence-corrected chi connectivity index (χ1v) is 3.84. The Kier molecular flexibility index (Phi) is 3.34. The lowest BCUT2D eigenvalue weighted by Crippen LogP contribution is -1.96. The molecule has 0 aliphatic rings. The summed E-state index contributed by atoms with van der Waals surface area (Å²) >= 11 is 0. The van der Waals surface area contributed by atoms with E-state index < -0.39 is 0 Å². The van der Waals surface area contributed by atoms with Crippen LogP contribution in [0.4, 0.5) is 0 Å². The van der Waals surface area contributed by atoms with Gasteiger partial charge in [-0.3, -0.25) is 9.59 Å². The number of methoxy groups -OCH3 is 1. The summed E-state index contributed by atoms with van der Waals surface area (Å²) < 4.78 is 4.90. The lowest BCUT2D eigenvalue weighted by molar-refractivity contribution is 0.110. The summed E-state index contributed by atoms with van der Waals surface area (Å²) in [6.07, 6.45) is 1.50. The number of carbonyl (C=O) groups excluding carboxylic acids is 2. The van der Waals surface area contributed by atoms with E-state index in [0.717, 1.165) is 18.1 Å². The smallest absolute Gasteiger partial charge is 0.150 e. The average Bonchev–Trinajstić information content (AvgIpc) is 2.18. The first kappa shape index (κ1) is 9.61. The molecule has 0 radical (unpaired) electrons. The van der Waals surface area contributed by atoms with Crippen LogP contribution in [0.15, 0.2) is 18.2 Å². The van der Waals surface area contributed by atoms with E-state index in [2.05, 4.69) is 0 Å². The second kappa shape index (κ2) is 4.52. The molecule has 0 aromatic heterocycles. The predicted octanol–water partition coefficient (Wildman–Crippen LogP) is 1.46. The van der Waals surface area contributed by atoms with Gasteiger partial charge in [-0.2, -0.15) is 0 Å². The molecule has 0 bridgehead atoms. The molecule has 1 rings (SSSR count). The van der Waals surface area contributed by atoms with Gasteiger partial charge in [0, 0.05) is 18.2 Å². The van der Waals surface area contributed by atoms with Gasteiger partial charge in [0.2, 0.25) is 0 Å². The van der Waals surface area contributed by atoms with Crippen LogP contribution in [0.5, 0.6) is 0 Å². The number of hydrogen-bond acceptors (Lipinski definition) is 3. The lowest BCUT2D eigenvalue weighted by atomic mass is 10.1. The van der Waals surface area contributed by atoms with Gasteiger partial charge in [-0.15, -0.1) is 0 Å². The minimum atomic E-state index is 0.343. The summed E-state index contributed by atoms with van der Waals surface area (Å²) in [4.78, 5) is 21.0. The van der Waals surface area contributed by atoms with Gasteiger partial charge in [0.15, 0.2) is 0 Å². The molecule has 1 aromatic carbocycles. The molecule has 0 saturated heterocycles. The van der Waals surface area contributed by atoms with Gasteiger partial charge in [0.05, 0.1) is 6.61 Å². The van der Waals surface area contributed by atoms with Gasteiger partial charge in [-0.25, -0.2) is 0 Å². The van der Waals surface area contributed by atoms with Crippen molar-refractivity contribution in [2.24, 2.45) is 0 Å². The highest BCUT2D eigenvalue weighted by atomic mass is 16.5. The fourth-order valence-corrected chi connectivity index (χ4v) is 1.09. The average molecular weight is 178 g/mol. The van der Waals surface area contributed by atoms with Gasteiger partial charge >= 0.3 is 0 Å². The molecule has 0 aliphatic heterocycles. The standard InChI is InChI=1S/C10H10O3/c1-13-7-10-4-8(5-11)2-3-9(10)6-12/h2-6H,7H2,1H3. The van der Waals surface area contributed by atoms with Gasteiger partial charge in [-0.1, -0.05) is 12.1 Å². The number of carbonyl (C=O) groups is 2. The van der Waals surface area contributed by atoms with E-state index in [1.165, 1.54) is 0 Å². The Bertz CT molecular complexity index is 318. The maximum atomic E-state index is 10.6. The zero-order valence-electron chi connectivity index (χ0n) is 7.32. The highest BCUT2D eigenvalue weighted by Gasteiger charge is 2.01. The molecule has 0 atom stereocenters. The van der Waals surface area contributed by atoms with Gasteiger partial charge in [0.1, 0.15) is 12.6 Å². The third-order valence-electron chi connectivity index (χ3n) is 1.73. The van der Waals surface area contributed by atoms with Crippen molar-refractivity contribution in [2.75, 3.05) is 7.11 Å². The predicted molar refractivity (Wildman–Crippen MR) is 47.9 cm³/mol. The number of rotatable bonds is 4. The van der Waals surface area contributed by atoms with Crippen molar-refractivity contribution in [3.8, 4) is 0 Å². The SMILES string of the molecule is COCc1cc(C=O)ccc1C=O. The monoisotopic (exact) mass is 178 g/mol. The number of aldehydes is 2. The van der Waals surface area contributed by atoms with Gasteiger partial charge < -0.3 is 4.74 Å². The zero-order valence-corrected chi connectivity index (χ0v) is 7.32. The van der Waals surface area contributed by atoms with E-state index in [0.29, 0.717) is 17.7 Å². The number of ether oxygens (including phenoxy) is 1. The van der Waals surface area contributed by atoms with E-state index in [9.17, 15) is 9.59 Å². The maximum Gasteiger partial charge on any atom is 0.150 e. The second-order valence-electron chi connectivity index (χ2n) is 2.63. The van der Waals surface area contributed by atoms with Crippen molar-refractivity contribution >= 4 is 12.6 Å². The Morgan fingerprint density at radius 3 is 2.62 bits per heavy atom. The minimum Gasteiger partial charge on any atom is -0.380 e. The summed E-state index contributed by atoms with van der Waals surface area (Å²) in [5.74, 6) is 0. The van der Waals surface area contributed by atoms with Gasteiger partial charge in [-0.05, 0) is 11.6 Å². The third-order valence-corrected chi connectivity index (χ3v) is 1.73. The Morgan fingerprint density at radius 2 is 2.08 bits per heavy atom. The Morgan fingerprint density at radius 1 is 1.31 bits per heavy atom. The Labute approximate surface area is 76.3 Å². The van der Waals surface area contributed by atoms with Crippen LogP contribution in [0.3, 0.4) is 0 Å². The van der Waals surface area contributed by atoms with Crippen LogP contribution in [0.25, 0.3) is 0 Å². The molecule has 1 aromatic rings. The normalized spacial score (nSPS) is 9.62. The van der Waals surface area contributed by atoms with Crippen LogP contribution >= 0.6 is 0 Å². The van der Waals surface area contributed by atoms with E-state index in [4.69, 9.17) is 4.74 Å².